The van der Waals surface area contributed by atoms with Gasteiger partial charge >= 0.3 is 0 Å². The Morgan fingerprint density at radius 2 is 1.75 bits per heavy atom. The van der Waals surface area contributed by atoms with Gasteiger partial charge in [-0.2, -0.15) is 0 Å². The van der Waals surface area contributed by atoms with Gasteiger partial charge in [0.15, 0.2) is 0 Å². The van der Waals surface area contributed by atoms with Crippen molar-refractivity contribution in [2.45, 2.75) is 6.92 Å². The number of hydrogen-bond acceptors (Lipinski definition) is 2. The fraction of sp³-hybridized carbons (Fsp3) is 0.350. The lowest BCUT2D eigenvalue weighted by molar-refractivity contribution is 0.0640. The van der Waals surface area contributed by atoms with Crippen LogP contribution in [0.2, 0.25) is 0 Å². The summed E-state index contributed by atoms with van der Waals surface area (Å²) in [6, 6.07) is 14.3. The summed E-state index contributed by atoms with van der Waals surface area (Å²) in [5, 5.41) is 0. The summed E-state index contributed by atoms with van der Waals surface area (Å²) in [4.78, 5) is 17.0. The van der Waals surface area contributed by atoms with Crippen molar-refractivity contribution in [1.29, 1.82) is 0 Å². The third-order valence-electron chi connectivity index (χ3n) is 4.72. The van der Waals surface area contributed by atoms with Gasteiger partial charge in [0.25, 0.3) is 5.91 Å². The van der Waals surface area contributed by atoms with E-state index in [2.05, 4.69) is 41.3 Å². The lowest BCUT2D eigenvalue weighted by atomic mass is 10.2. The zero-order chi connectivity index (χ0) is 16.9. The highest BCUT2D eigenvalue weighted by atomic mass is 16.2. The molecule has 0 aliphatic carbocycles. The monoisotopic (exact) mass is 323 g/mol. The van der Waals surface area contributed by atoms with E-state index in [9.17, 15) is 4.79 Å². The zero-order valence-corrected chi connectivity index (χ0v) is 14.5. The van der Waals surface area contributed by atoms with E-state index in [4.69, 9.17) is 0 Å². The molecule has 0 radical (unpaired) electrons. The van der Waals surface area contributed by atoms with E-state index >= 15 is 0 Å². The van der Waals surface area contributed by atoms with Crippen LogP contribution in [0.1, 0.15) is 21.7 Å². The summed E-state index contributed by atoms with van der Waals surface area (Å²) in [7, 11) is 1.95. The Kier molecular flexibility index (Phi) is 5.16. The lowest BCUT2D eigenvalue weighted by Crippen LogP contribution is -2.48. The van der Waals surface area contributed by atoms with Crippen molar-refractivity contribution < 1.29 is 4.79 Å². The van der Waals surface area contributed by atoms with Crippen LogP contribution in [0.4, 0.5) is 0 Å². The number of nitrogens with zero attached hydrogens (tertiary/aromatic N) is 3. The van der Waals surface area contributed by atoms with Crippen LogP contribution >= 0.6 is 0 Å². The maximum Gasteiger partial charge on any atom is 0.270 e. The normalized spacial score (nSPS) is 16.0. The molecule has 24 heavy (non-hydrogen) atoms. The fourth-order valence-electron chi connectivity index (χ4n) is 3.03. The average Bonchev–Trinajstić information content (AvgIpc) is 2.95. The first-order chi connectivity index (χ1) is 11.6. The first-order valence-electron chi connectivity index (χ1n) is 8.50. The van der Waals surface area contributed by atoms with Crippen LogP contribution in [0.3, 0.4) is 0 Å². The second kappa shape index (κ2) is 7.49. The Bertz CT molecular complexity index is 710. The summed E-state index contributed by atoms with van der Waals surface area (Å²) in [6.45, 7) is 6.39. The van der Waals surface area contributed by atoms with Gasteiger partial charge in [0.2, 0.25) is 0 Å². The molecule has 126 valence electrons. The second-order valence-electron chi connectivity index (χ2n) is 6.32. The molecule has 1 aromatic carbocycles. The van der Waals surface area contributed by atoms with E-state index in [1.807, 2.05) is 41.6 Å². The third kappa shape index (κ3) is 3.77. The van der Waals surface area contributed by atoms with Gasteiger partial charge in [-0.25, -0.2) is 0 Å². The number of benzene rings is 1. The standard InChI is InChI=1S/C20H25N3O/c1-17-10-11-19(21(17)2)20(24)23-15-13-22(14-16-23)12-6-9-18-7-4-3-5-8-18/h3-11H,12-16H2,1-2H3. The summed E-state index contributed by atoms with van der Waals surface area (Å²) >= 11 is 0. The van der Waals surface area contributed by atoms with Gasteiger partial charge in [-0.3, -0.25) is 9.69 Å². The quantitative estimate of drug-likeness (QED) is 0.865. The Balaban J connectivity index is 1.50. The van der Waals surface area contributed by atoms with Crippen molar-refractivity contribution in [2.24, 2.45) is 7.05 Å². The predicted molar refractivity (Wildman–Crippen MR) is 98.0 cm³/mol. The second-order valence-corrected chi connectivity index (χ2v) is 6.32. The number of hydrogen-bond donors (Lipinski definition) is 0. The molecule has 1 aliphatic rings. The molecule has 3 rings (SSSR count). The molecule has 0 bridgehead atoms. The van der Waals surface area contributed by atoms with Gasteiger partial charge in [-0.1, -0.05) is 42.5 Å². The molecule has 4 heteroatoms. The third-order valence-corrected chi connectivity index (χ3v) is 4.72. The fourth-order valence-corrected chi connectivity index (χ4v) is 3.03. The van der Waals surface area contributed by atoms with Crippen molar-refractivity contribution in [2.75, 3.05) is 32.7 Å². The average molecular weight is 323 g/mol. The van der Waals surface area contributed by atoms with E-state index in [1.165, 1.54) is 5.56 Å². The van der Waals surface area contributed by atoms with Gasteiger partial charge in [0.1, 0.15) is 5.69 Å². The summed E-state index contributed by atoms with van der Waals surface area (Å²) in [5.41, 5.74) is 3.12. The van der Waals surface area contributed by atoms with Crippen LogP contribution in [-0.4, -0.2) is 53.0 Å². The maximum atomic E-state index is 12.6. The van der Waals surface area contributed by atoms with Crippen LogP contribution in [0.25, 0.3) is 6.08 Å². The molecule has 0 N–H and O–H groups in total. The summed E-state index contributed by atoms with van der Waals surface area (Å²) in [5.74, 6) is 0.144. The van der Waals surface area contributed by atoms with Crippen LogP contribution in [0.5, 0.6) is 0 Å². The lowest BCUT2D eigenvalue weighted by Gasteiger charge is -2.34. The molecule has 0 unspecified atom stereocenters. The number of rotatable bonds is 4. The molecule has 2 heterocycles. The smallest absolute Gasteiger partial charge is 0.270 e. The first-order valence-corrected chi connectivity index (χ1v) is 8.50. The van der Waals surface area contributed by atoms with Gasteiger partial charge in [0.05, 0.1) is 0 Å². The highest BCUT2D eigenvalue weighted by Crippen LogP contribution is 2.12. The van der Waals surface area contributed by atoms with Gasteiger partial charge in [-0.15, -0.1) is 0 Å². The number of aromatic nitrogens is 1. The van der Waals surface area contributed by atoms with E-state index in [0.717, 1.165) is 44.1 Å². The number of piperazine rings is 1. The highest BCUT2D eigenvalue weighted by Gasteiger charge is 2.23. The van der Waals surface area contributed by atoms with E-state index in [-0.39, 0.29) is 5.91 Å². The zero-order valence-electron chi connectivity index (χ0n) is 14.5. The highest BCUT2D eigenvalue weighted by molar-refractivity contribution is 5.93. The molecule has 1 saturated heterocycles. The molecule has 0 saturated carbocycles. The van der Waals surface area contributed by atoms with Gasteiger partial charge in [-0.05, 0) is 24.6 Å². The topological polar surface area (TPSA) is 28.5 Å². The van der Waals surface area contributed by atoms with Crippen molar-refractivity contribution >= 4 is 12.0 Å². The minimum Gasteiger partial charge on any atom is -0.344 e. The Morgan fingerprint density at radius 1 is 1.04 bits per heavy atom. The molecule has 0 spiro atoms. The van der Waals surface area contributed by atoms with Crippen LogP contribution in [-0.2, 0) is 7.05 Å². The van der Waals surface area contributed by atoms with Crippen molar-refractivity contribution in [3.05, 3.63) is 65.5 Å². The molecular formula is C20H25N3O. The Morgan fingerprint density at radius 3 is 2.38 bits per heavy atom. The molecular weight excluding hydrogens is 298 g/mol. The molecule has 1 aromatic heterocycles. The van der Waals surface area contributed by atoms with Gasteiger partial charge in [0, 0.05) is 45.5 Å². The van der Waals surface area contributed by atoms with Crippen LogP contribution in [0.15, 0.2) is 48.5 Å². The molecule has 1 amide bonds. The van der Waals surface area contributed by atoms with Crippen LogP contribution in [0, 0.1) is 6.92 Å². The molecule has 1 aliphatic heterocycles. The predicted octanol–water partition coefficient (Wildman–Crippen LogP) is 2.80. The van der Waals surface area contributed by atoms with Crippen LogP contribution < -0.4 is 0 Å². The first kappa shape index (κ1) is 16.5. The van der Waals surface area contributed by atoms with Crippen molar-refractivity contribution in [3.63, 3.8) is 0 Å². The SMILES string of the molecule is Cc1ccc(C(=O)N2CCN(CC=Cc3ccccc3)CC2)n1C. The number of carbonyl (C=O) groups is 1. The summed E-state index contributed by atoms with van der Waals surface area (Å²) < 4.78 is 1.97. The summed E-state index contributed by atoms with van der Waals surface area (Å²) in [6.07, 6.45) is 4.36. The number of carbonyl (C=O) groups excluding carboxylic acids is 1. The van der Waals surface area contributed by atoms with E-state index < -0.39 is 0 Å². The maximum absolute atomic E-state index is 12.6. The number of aryl methyl sites for hydroxylation is 1. The van der Waals surface area contributed by atoms with Gasteiger partial charge < -0.3 is 9.47 Å². The van der Waals surface area contributed by atoms with E-state index in [0.29, 0.717) is 0 Å². The molecule has 0 atom stereocenters. The molecule has 2 aromatic rings. The minimum atomic E-state index is 0.144. The number of amides is 1. The largest absolute Gasteiger partial charge is 0.344 e. The Labute approximate surface area is 144 Å². The molecule has 4 nitrogen and oxygen atoms in total. The Hall–Kier alpha value is -2.33. The van der Waals surface area contributed by atoms with Crippen molar-refractivity contribution in [1.82, 2.24) is 14.4 Å². The minimum absolute atomic E-state index is 0.144. The van der Waals surface area contributed by atoms with Crippen molar-refractivity contribution in [3.8, 4) is 0 Å². The van der Waals surface area contributed by atoms with E-state index in [1.54, 1.807) is 0 Å². The molecule has 1 fully saturated rings.